The predicted octanol–water partition coefficient (Wildman–Crippen LogP) is 4.64. The van der Waals surface area contributed by atoms with E-state index in [0.717, 1.165) is 49.2 Å². The van der Waals surface area contributed by atoms with Gasteiger partial charge in [-0.15, -0.1) is 11.8 Å². The molecule has 0 bridgehead atoms. The molecule has 7 heteroatoms. The average molecular weight is 447 g/mol. The van der Waals surface area contributed by atoms with E-state index in [0.29, 0.717) is 18.7 Å². The summed E-state index contributed by atoms with van der Waals surface area (Å²) in [5, 5.41) is 0. The number of hydrogen-bond acceptors (Lipinski definition) is 4. The monoisotopic (exact) mass is 446 g/mol. The minimum atomic E-state index is -3.71. The Morgan fingerprint density at radius 2 is 1.70 bits per heavy atom. The molecule has 3 rings (SSSR count). The molecule has 1 heterocycles. The maximum Gasteiger partial charge on any atom is 0.255 e. The van der Waals surface area contributed by atoms with Crippen LogP contribution in [0.5, 0.6) is 0 Å². The number of benzene rings is 2. The maximum absolute atomic E-state index is 13.4. The van der Waals surface area contributed by atoms with Crippen molar-refractivity contribution in [2.24, 2.45) is 0 Å². The van der Waals surface area contributed by atoms with Crippen molar-refractivity contribution in [2.45, 2.75) is 48.9 Å². The largest absolute Gasteiger partial charge is 0.339 e. The van der Waals surface area contributed by atoms with E-state index in [1.54, 1.807) is 18.2 Å². The molecule has 1 aliphatic rings. The standard InChI is InChI=1S/C23H30N2O3S2/c1-3-25(18-19-11-7-6-8-12-19)30(27,28)20-13-14-22(29-2)21(17-20)23(26)24-15-9-4-5-10-16-24/h6-8,11-14,17H,3-5,9-10,15-16,18H2,1-2H3. The molecule has 2 aromatic rings. The summed E-state index contributed by atoms with van der Waals surface area (Å²) in [5.41, 5.74) is 1.42. The Morgan fingerprint density at radius 3 is 2.30 bits per heavy atom. The SMILES string of the molecule is CCN(Cc1ccccc1)S(=O)(=O)c1ccc(SC)c(C(=O)N2CCCCCC2)c1. The van der Waals surface area contributed by atoms with Gasteiger partial charge in [0.15, 0.2) is 0 Å². The van der Waals surface area contributed by atoms with Gasteiger partial charge in [-0.3, -0.25) is 4.79 Å². The van der Waals surface area contributed by atoms with Gasteiger partial charge in [0.2, 0.25) is 10.0 Å². The molecule has 0 spiro atoms. The summed E-state index contributed by atoms with van der Waals surface area (Å²) in [6.07, 6.45) is 6.19. The van der Waals surface area contributed by atoms with Crippen molar-refractivity contribution < 1.29 is 13.2 Å². The summed E-state index contributed by atoms with van der Waals surface area (Å²) in [4.78, 5) is 16.1. The lowest BCUT2D eigenvalue weighted by atomic mass is 10.2. The van der Waals surface area contributed by atoms with Crippen molar-refractivity contribution in [3.05, 3.63) is 59.7 Å². The maximum atomic E-state index is 13.4. The van der Waals surface area contributed by atoms with Crippen LogP contribution in [0.4, 0.5) is 0 Å². The number of carbonyl (C=O) groups excluding carboxylic acids is 1. The first kappa shape index (κ1) is 22.8. The molecule has 1 fully saturated rings. The second-order valence-electron chi connectivity index (χ2n) is 7.49. The molecule has 2 aromatic carbocycles. The molecule has 0 saturated carbocycles. The Bertz CT molecular complexity index is 954. The number of thioether (sulfide) groups is 1. The predicted molar refractivity (Wildman–Crippen MR) is 122 cm³/mol. The van der Waals surface area contributed by atoms with Gasteiger partial charge < -0.3 is 4.90 Å². The molecule has 0 atom stereocenters. The highest BCUT2D eigenvalue weighted by Crippen LogP contribution is 2.28. The molecule has 0 N–H and O–H groups in total. The average Bonchev–Trinajstić information content (AvgIpc) is 3.06. The van der Waals surface area contributed by atoms with Gasteiger partial charge in [0.25, 0.3) is 5.91 Å². The van der Waals surface area contributed by atoms with Crippen LogP contribution in [-0.4, -0.2) is 49.4 Å². The lowest BCUT2D eigenvalue weighted by Crippen LogP contribution is -2.33. The fourth-order valence-corrected chi connectivity index (χ4v) is 5.80. The second kappa shape index (κ2) is 10.5. The zero-order valence-electron chi connectivity index (χ0n) is 17.7. The van der Waals surface area contributed by atoms with Crippen LogP contribution >= 0.6 is 11.8 Å². The molecule has 0 unspecified atom stereocenters. The summed E-state index contributed by atoms with van der Waals surface area (Å²) in [6, 6.07) is 14.5. The summed E-state index contributed by atoms with van der Waals surface area (Å²) < 4.78 is 28.2. The molecule has 0 aromatic heterocycles. The lowest BCUT2D eigenvalue weighted by molar-refractivity contribution is 0.0758. The second-order valence-corrected chi connectivity index (χ2v) is 10.3. The third-order valence-electron chi connectivity index (χ3n) is 5.49. The summed E-state index contributed by atoms with van der Waals surface area (Å²) in [6.45, 7) is 3.97. The number of nitrogens with zero attached hydrogens (tertiary/aromatic N) is 2. The molecule has 1 amide bonds. The normalized spacial score (nSPS) is 15.2. The first-order chi connectivity index (χ1) is 14.5. The topological polar surface area (TPSA) is 57.7 Å². The molecular weight excluding hydrogens is 416 g/mol. The van der Waals surface area contributed by atoms with Crippen LogP contribution in [0.3, 0.4) is 0 Å². The zero-order valence-corrected chi connectivity index (χ0v) is 19.3. The van der Waals surface area contributed by atoms with Crippen LogP contribution in [0, 0.1) is 0 Å². The van der Waals surface area contributed by atoms with E-state index >= 15 is 0 Å². The highest BCUT2D eigenvalue weighted by atomic mass is 32.2. The van der Waals surface area contributed by atoms with Crippen LogP contribution in [0.15, 0.2) is 58.3 Å². The minimum Gasteiger partial charge on any atom is -0.339 e. The Hall–Kier alpha value is -1.83. The molecule has 1 aliphatic heterocycles. The Balaban J connectivity index is 1.92. The van der Waals surface area contributed by atoms with Gasteiger partial charge >= 0.3 is 0 Å². The molecule has 30 heavy (non-hydrogen) atoms. The number of hydrogen-bond donors (Lipinski definition) is 0. The molecular formula is C23H30N2O3S2. The van der Waals surface area contributed by atoms with Crippen LogP contribution in [-0.2, 0) is 16.6 Å². The summed E-state index contributed by atoms with van der Waals surface area (Å²) in [5.74, 6) is -0.0654. The van der Waals surface area contributed by atoms with Crippen molar-refractivity contribution in [2.75, 3.05) is 25.9 Å². The number of likely N-dealkylation sites (tertiary alicyclic amines) is 1. The molecule has 162 valence electrons. The first-order valence-corrected chi connectivity index (χ1v) is 13.1. The number of amides is 1. The third kappa shape index (κ3) is 5.25. The smallest absolute Gasteiger partial charge is 0.255 e. The molecule has 1 saturated heterocycles. The van der Waals surface area contributed by atoms with Crippen LogP contribution in [0.25, 0.3) is 0 Å². The fourth-order valence-electron chi connectivity index (χ4n) is 3.76. The number of sulfonamides is 1. The third-order valence-corrected chi connectivity index (χ3v) is 8.20. The zero-order chi connectivity index (χ0) is 21.6. The van der Waals surface area contributed by atoms with Gasteiger partial charge in [0, 0.05) is 31.1 Å². The molecule has 0 aliphatic carbocycles. The van der Waals surface area contributed by atoms with E-state index in [-0.39, 0.29) is 10.8 Å². The van der Waals surface area contributed by atoms with Crippen molar-refractivity contribution in [3.63, 3.8) is 0 Å². The van der Waals surface area contributed by atoms with Gasteiger partial charge in [0.1, 0.15) is 0 Å². The Labute approximate surface area is 184 Å². The van der Waals surface area contributed by atoms with Gasteiger partial charge in [-0.1, -0.05) is 50.1 Å². The Kier molecular flexibility index (Phi) is 7.97. The van der Waals surface area contributed by atoms with Crippen LogP contribution in [0.2, 0.25) is 0 Å². The van der Waals surface area contributed by atoms with E-state index in [1.807, 2.05) is 48.4 Å². The van der Waals surface area contributed by atoms with E-state index in [4.69, 9.17) is 0 Å². The lowest BCUT2D eigenvalue weighted by Gasteiger charge is -2.24. The van der Waals surface area contributed by atoms with E-state index in [9.17, 15) is 13.2 Å². The van der Waals surface area contributed by atoms with Crippen molar-refractivity contribution >= 4 is 27.7 Å². The first-order valence-electron chi connectivity index (χ1n) is 10.5. The highest BCUT2D eigenvalue weighted by molar-refractivity contribution is 7.98. The fraction of sp³-hybridized carbons (Fsp3) is 0.435. The molecule has 0 radical (unpaired) electrons. The molecule has 5 nitrogen and oxygen atoms in total. The Morgan fingerprint density at radius 1 is 1.03 bits per heavy atom. The number of carbonyl (C=O) groups is 1. The summed E-state index contributed by atoms with van der Waals surface area (Å²) in [7, 11) is -3.71. The van der Waals surface area contributed by atoms with Crippen LogP contribution in [0.1, 0.15) is 48.5 Å². The van der Waals surface area contributed by atoms with Gasteiger partial charge in [-0.05, 0) is 42.9 Å². The van der Waals surface area contributed by atoms with Gasteiger partial charge in [-0.2, -0.15) is 4.31 Å². The van der Waals surface area contributed by atoms with Crippen molar-refractivity contribution in [3.8, 4) is 0 Å². The highest BCUT2D eigenvalue weighted by Gasteiger charge is 2.27. The van der Waals surface area contributed by atoms with Crippen molar-refractivity contribution in [1.82, 2.24) is 9.21 Å². The quantitative estimate of drug-likeness (QED) is 0.582. The number of rotatable bonds is 7. The summed E-state index contributed by atoms with van der Waals surface area (Å²) >= 11 is 1.47. The van der Waals surface area contributed by atoms with Crippen LogP contribution < -0.4 is 0 Å². The van der Waals surface area contributed by atoms with Gasteiger partial charge in [-0.25, -0.2) is 8.42 Å². The van der Waals surface area contributed by atoms with E-state index in [2.05, 4.69) is 0 Å². The van der Waals surface area contributed by atoms with E-state index < -0.39 is 10.0 Å². The van der Waals surface area contributed by atoms with E-state index in [1.165, 1.54) is 16.1 Å². The van der Waals surface area contributed by atoms with Gasteiger partial charge in [0.05, 0.1) is 10.5 Å². The van der Waals surface area contributed by atoms with Crippen molar-refractivity contribution in [1.29, 1.82) is 0 Å². The minimum absolute atomic E-state index is 0.0654.